The number of hydrogen-bond donors (Lipinski definition) is 0. The number of fused-ring (bicyclic) bond motifs is 1. The third kappa shape index (κ3) is 2.96. The van der Waals surface area contributed by atoms with Crippen LogP contribution in [0.2, 0.25) is 0 Å². The van der Waals surface area contributed by atoms with Gasteiger partial charge in [-0.2, -0.15) is 0 Å². The molecule has 0 saturated carbocycles. The highest BCUT2D eigenvalue weighted by Gasteiger charge is 2.27. The third-order valence-corrected chi connectivity index (χ3v) is 4.37. The number of amides is 1. The van der Waals surface area contributed by atoms with Gasteiger partial charge in [0, 0.05) is 12.2 Å². The number of carbonyl (C=O) groups is 1. The van der Waals surface area contributed by atoms with Crippen LogP contribution in [-0.4, -0.2) is 12.5 Å². The summed E-state index contributed by atoms with van der Waals surface area (Å²) in [5.74, 6) is -0.0304. The largest absolute Gasteiger partial charge is 0.311 e. The number of nitrogens with zero attached hydrogens (tertiary/aromatic N) is 1. The first-order valence-corrected chi connectivity index (χ1v) is 7.79. The van der Waals surface area contributed by atoms with Gasteiger partial charge < -0.3 is 4.90 Å². The maximum atomic E-state index is 12.8. The number of carbonyl (C=O) groups excluding carboxylic acids is 1. The molecule has 0 saturated heterocycles. The normalized spacial score (nSPS) is 16.0. The predicted molar refractivity (Wildman–Crippen MR) is 86.8 cm³/mol. The maximum absolute atomic E-state index is 12.8. The molecule has 2 nitrogen and oxygen atoms in total. The highest BCUT2D eigenvalue weighted by Crippen LogP contribution is 2.31. The molecule has 1 unspecified atom stereocenters. The average Bonchev–Trinajstić information content (AvgIpc) is 2.77. The number of benzene rings is 2. The number of halogens is 1. The lowest BCUT2D eigenvalue weighted by Crippen LogP contribution is -2.34. The zero-order chi connectivity index (χ0) is 14.7. The number of aryl methyl sites for hydroxylation is 1. The Bertz CT molecular complexity index is 626. The summed E-state index contributed by atoms with van der Waals surface area (Å²) in [5.41, 5.74) is 3.10. The zero-order valence-corrected chi connectivity index (χ0v) is 12.6. The minimum Gasteiger partial charge on any atom is -0.311 e. The van der Waals surface area contributed by atoms with Crippen LogP contribution in [0, 0.1) is 0 Å². The molecule has 1 atom stereocenters. The lowest BCUT2D eigenvalue weighted by Gasteiger charge is -2.25. The van der Waals surface area contributed by atoms with Crippen LogP contribution in [0.5, 0.6) is 0 Å². The summed E-state index contributed by atoms with van der Waals surface area (Å²) in [6, 6.07) is 17.7. The minimum absolute atomic E-state index is 0.0304. The number of rotatable bonds is 2. The van der Waals surface area contributed by atoms with Crippen molar-refractivity contribution in [2.75, 3.05) is 11.4 Å². The van der Waals surface area contributed by atoms with Gasteiger partial charge in [-0.05, 0) is 36.5 Å². The molecule has 0 radical (unpaired) electrons. The van der Waals surface area contributed by atoms with Crippen LogP contribution in [-0.2, 0) is 11.2 Å². The van der Waals surface area contributed by atoms with Crippen molar-refractivity contribution in [3.05, 3.63) is 65.7 Å². The van der Waals surface area contributed by atoms with Gasteiger partial charge in [0.15, 0.2) is 0 Å². The van der Waals surface area contributed by atoms with Gasteiger partial charge in [0.25, 0.3) is 0 Å². The van der Waals surface area contributed by atoms with Gasteiger partial charge >= 0.3 is 0 Å². The van der Waals surface area contributed by atoms with Gasteiger partial charge in [-0.3, -0.25) is 4.79 Å². The molecule has 0 aromatic heterocycles. The summed E-state index contributed by atoms with van der Waals surface area (Å²) in [7, 11) is 0. The smallest absolute Gasteiger partial charge is 0.249 e. The molecule has 1 heterocycles. The lowest BCUT2D eigenvalue weighted by molar-refractivity contribution is -0.118. The number of para-hydroxylation sites is 1. The van der Waals surface area contributed by atoms with Crippen LogP contribution < -0.4 is 4.90 Å². The van der Waals surface area contributed by atoms with Crippen molar-refractivity contribution in [3.8, 4) is 0 Å². The molecule has 2 aromatic carbocycles. The van der Waals surface area contributed by atoms with Gasteiger partial charge in [0.2, 0.25) is 5.91 Å². The van der Waals surface area contributed by atoms with Crippen LogP contribution in [0.4, 0.5) is 5.69 Å². The summed E-state index contributed by atoms with van der Waals surface area (Å²) in [6.07, 6.45) is 3.15. The molecule has 3 rings (SSSR count). The standard InChI is InChI=1S/C18H18ClNO/c19-17(15-10-2-1-3-11-15)18(21)20-13-7-6-9-14-8-4-5-12-16(14)20/h1-5,8,10-12,17H,6-7,9,13H2. The van der Waals surface area contributed by atoms with Crippen molar-refractivity contribution in [1.82, 2.24) is 0 Å². The third-order valence-electron chi connectivity index (χ3n) is 3.94. The van der Waals surface area contributed by atoms with Crippen molar-refractivity contribution < 1.29 is 4.79 Å². The quantitative estimate of drug-likeness (QED) is 0.756. The second-order valence-electron chi connectivity index (χ2n) is 5.35. The van der Waals surface area contributed by atoms with Crippen LogP contribution in [0.25, 0.3) is 0 Å². The SMILES string of the molecule is O=C(C(Cl)c1ccccc1)N1CCCCc2ccccc21. The predicted octanol–water partition coefficient (Wildman–Crippen LogP) is 4.34. The molecule has 108 valence electrons. The van der Waals surface area contributed by atoms with Crippen LogP contribution in [0.1, 0.15) is 29.3 Å². The Labute approximate surface area is 130 Å². The van der Waals surface area contributed by atoms with E-state index in [-0.39, 0.29) is 5.91 Å². The Morgan fingerprint density at radius 2 is 1.71 bits per heavy atom. The summed E-state index contributed by atoms with van der Waals surface area (Å²) in [5, 5.41) is -0.627. The number of hydrogen-bond acceptors (Lipinski definition) is 1. The highest BCUT2D eigenvalue weighted by atomic mass is 35.5. The molecule has 1 aliphatic rings. The van der Waals surface area contributed by atoms with Gasteiger partial charge in [-0.1, -0.05) is 48.5 Å². The maximum Gasteiger partial charge on any atom is 0.249 e. The molecule has 1 aliphatic heterocycles. The fraction of sp³-hybridized carbons (Fsp3) is 0.278. The zero-order valence-electron chi connectivity index (χ0n) is 11.8. The minimum atomic E-state index is -0.627. The topological polar surface area (TPSA) is 20.3 Å². The first kappa shape index (κ1) is 14.2. The molecule has 0 N–H and O–H groups in total. The fourth-order valence-corrected chi connectivity index (χ4v) is 3.08. The molecular formula is C18H18ClNO. The molecule has 3 heteroatoms. The summed E-state index contributed by atoms with van der Waals surface area (Å²) < 4.78 is 0. The van der Waals surface area contributed by atoms with E-state index in [1.165, 1.54) is 5.56 Å². The molecular weight excluding hydrogens is 282 g/mol. The summed E-state index contributed by atoms with van der Waals surface area (Å²) >= 11 is 6.42. The van der Waals surface area contributed by atoms with E-state index in [1.54, 1.807) is 0 Å². The van der Waals surface area contributed by atoms with E-state index < -0.39 is 5.38 Å². The Morgan fingerprint density at radius 1 is 1.00 bits per heavy atom. The van der Waals surface area contributed by atoms with Crippen LogP contribution in [0.3, 0.4) is 0 Å². The first-order valence-electron chi connectivity index (χ1n) is 7.35. The van der Waals surface area contributed by atoms with Gasteiger partial charge in [0.05, 0.1) is 0 Å². The second kappa shape index (κ2) is 6.31. The molecule has 0 bridgehead atoms. The lowest BCUT2D eigenvalue weighted by atomic mass is 10.1. The number of anilines is 1. The van der Waals surface area contributed by atoms with Crippen molar-refractivity contribution in [3.63, 3.8) is 0 Å². The second-order valence-corrected chi connectivity index (χ2v) is 5.79. The van der Waals surface area contributed by atoms with Gasteiger partial charge in [0.1, 0.15) is 5.38 Å². The van der Waals surface area contributed by atoms with E-state index in [4.69, 9.17) is 11.6 Å². The van der Waals surface area contributed by atoms with E-state index in [0.29, 0.717) is 0 Å². The molecule has 21 heavy (non-hydrogen) atoms. The number of alkyl halides is 1. The van der Waals surface area contributed by atoms with Gasteiger partial charge in [-0.15, -0.1) is 11.6 Å². The van der Waals surface area contributed by atoms with E-state index in [0.717, 1.165) is 37.1 Å². The van der Waals surface area contributed by atoms with Crippen molar-refractivity contribution in [2.45, 2.75) is 24.6 Å². The highest BCUT2D eigenvalue weighted by molar-refractivity contribution is 6.32. The molecule has 1 amide bonds. The molecule has 0 fully saturated rings. The van der Waals surface area contributed by atoms with Crippen LogP contribution >= 0.6 is 11.6 Å². The average molecular weight is 300 g/mol. The molecule has 0 spiro atoms. The molecule has 0 aliphatic carbocycles. The molecule has 2 aromatic rings. The van der Waals surface area contributed by atoms with E-state index in [9.17, 15) is 4.79 Å². The van der Waals surface area contributed by atoms with Gasteiger partial charge in [-0.25, -0.2) is 0 Å². The Kier molecular flexibility index (Phi) is 4.26. The van der Waals surface area contributed by atoms with E-state index >= 15 is 0 Å². The fourth-order valence-electron chi connectivity index (χ4n) is 2.82. The van der Waals surface area contributed by atoms with Crippen molar-refractivity contribution >= 4 is 23.2 Å². The van der Waals surface area contributed by atoms with E-state index in [1.807, 2.05) is 53.4 Å². The Morgan fingerprint density at radius 3 is 2.52 bits per heavy atom. The first-order chi connectivity index (χ1) is 10.3. The van der Waals surface area contributed by atoms with Crippen molar-refractivity contribution in [1.29, 1.82) is 0 Å². The Balaban J connectivity index is 1.91. The van der Waals surface area contributed by atoms with E-state index in [2.05, 4.69) is 6.07 Å². The summed E-state index contributed by atoms with van der Waals surface area (Å²) in [4.78, 5) is 14.7. The van der Waals surface area contributed by atoms with Crippen LogP contribution in [0.15, 0.2) is 54.6 Å². The monoisotopic (exact) mass is 299 g/mol. The summed E-state index contributed by atoms with van der Waals surface area (Å²) in [6.45, 7) is 0.742. The van der Waals surface area contributed by atoms with Crippen molar-refractivity contribution in [2.24, 2.45) is 0 Å². The Hall–Kier alpha value is -1.80.